The van der Waals surface area contributed by atoms with Crippen molar-refractivity contribution in [2.75, 3.05) is 5.75 Å². The number of rotatable bonds is 5. The summed E-state index contributed by atoms with van der Waals surface area (Å²) in [6, 6.07) is 7.57. The Morgan fingerprint density at radius 2 is 1.90 bits per heavy atom. The zero-order valence-corrected chi connectivity index (χ0v) is 12.4. The molecule has 0 N–H and O–H groups in total. The van der Waals surface area contributed by atoms with Crippen molar-refractivity contribution in [3.63, 3.8) is 0 Å². The Morgan fingerprint density at radius 1 is 1.24 bits per heavy atom. The van der Waals surface area contributed by atoms with Crippen LogP contribution in [-0.2, 0) is 0 Å². The Balaban J connectivity index is 2.08. The van der Waals surface area contributed by atoms with E-state index in [2.05, 4.69) is 9.97 Å². The lowest BCUT2D eigenvalue weighted by Gasteiger charge is -2.03. The third kappa shape index (κ3) is 4.09. The van der Waals surface area contributed by atoms with E-state index in [4.69, 9.17) is 0 Å². The van der Waals surface area contributed by atoms with Crippen molar-refractivity contribution in [2.45, 2.75) is 19.0 Å². The quantitative estimate of drug-likeness (QED) is 0.277. The molecular formula is C14H13N3O3S. The first-order valence-corrected chi connectivity index (χ1v) is 7.17. The molecule has 1 aromatic heterocycles. The first-order valence-electron chi connectivity index (χ1n) is 6.18. The summed E-state index contributed by atoms with van der Waals surface area (Å²) < 4.78 is 0. The molecule has 2 rings (SSSR count). The maximum absolute atomic E-state index is 12.1. The molecule has 0 saturated heterocycles. The Hall–Kier alpha value is -2.28. The summed E-state index contributed by atoms with van der Waals surface area (Å²) in [5.41, 5.74) is 1.91. The number of nitro groups is 1. The predicted octanol–water partition coefficient (Wildman–Crippen LogP) is 2.98. The van der Waals surface area contributed by atoms with Gasteiger partial charge in [-0.1, -0.05) is 23.9 Å². The number of nitrogens with zero attached hydrogens (tertiary/aromatic N) is 3. The molecule has 0 aliphatic rings. The van der Waals surface area contributed by atoms with Crippen molar-refractivity contribution in [3.05, 3.63) is 57.4 Å². The van der Waals surface area contributed by atoms with Crippen LogP contribution in [0.4, 0.5) is 5.69 Å². The van der Waals surface area contributed by atoms with Gasteiger partial charge >= 0.3 is 0 Å². The summed E-state index contributed by atoms with van der Waals surface area (Å²) in [4.78, 5) is 30.7. The number of thioether (sulfide) groups is 1. The molecule has 0 unspecified atom stereocenters. The molecule has 7 heteroatoms. The lowest BCUT2D eigenvalue weighted by molar-refractivity contribution is -0.384. The van der Waals surface area contributed by atoms with E-state index in [1.807, 2.05) is 19.9 Å². The van der Waals surface area contributed by atoms with E-state index in [0.717, 1.165) is 11.4 Å². The van der Waals surface area contributed by atoms with Crippen molar-refractivity contribution >= 4 is 23.2 Å². The molecule has 0 fully saturated rings. The fourth-order valence-electron chi connectivity index (χ4n) is 1.76. The number of carbonyl (C=O) groups is 1. The minimum Gasteiger partial charge on any atom is -0.293 e. The van der Waals surface area contributed by atoms with E-state index in [0.29, 0.717) is 10.7 Å². The fraction of sp³-hybridized carbons (Fsp3) is 0.214. The molecule has 0 radical (unpaired) electrons. The Morgan fingerprint density at radius 3 is 2.52 bits per heavy atom. The molecule has 0 atom stereocenters. The SMILES string of the molecule is Cc1cc(C)nc(SCC(=O)c2cccc([N+](=O)[O-])c2)n1. The molecule has 21 heavy (non-hydrogen) atoms. The van der Waals surface area contributed by atoms with E-state index in [1.54, 1.807) is 6.07 Å². The number of hydrogen-bond acceptors (Lipinski definition) is 6. The zero-order valence-electron chi connectivity index (χ0n) is 11.6. The van der Waals surface area contributed by atoms with E-state index in [-0.39, 0.29) is 17.2 Å². The van der Waals surface area contributed by atoms with Crippen LogP contribution in [0.25, 0.3) is 0 Å². The molecular weight excluding hydrogens is 290 g/mol. The van der Waals surface area contributed by atoms with Gasteiger partial charge in [-0.3, -0.25) is 14.9 Å². The van der Waals surface area contributed by atoms with E-state index in [9.17, 15) is 14.9 Å². The lowest BCUT2D eigenvalue weighted by atomic mass is 10.1. The number of non-ortho nitro benzene ring substituents is 1. The second kappa shape index (κ2) is 6.45. The van der Waals surface area contributed by atoms with Gasteiger partial charge in [0.05, 0.1) is 10.7 Å². The van der Waals surface area contributed by atoms with Crippen LogP contribution in [0.1, 0.15) is 21.7 Å². The van der Waals surface area contributed by atoms with Gasteiger partial charge in [0.25, 0.3) is 5.69 Å². The van der Waals surface area contributed by atoms with Gasteiger partial charge in [-0.2, -0.15) is 0 Å². The van der Waals surface area contributed by atoms with Crippen molar-refractivity contribution in [1.82, 2.24) is 9.97 Å². The number of Topliss-reactive ketones (excluding diaryl/α,β-unsaturated/α-hetero) is 1. The monoisotopic (exact) mass is 303 g/mol. The normalized spacial score (nSPS) is 10.4. The molecule has 0 saturated carbocycles. The topological polar surface area (TPSA) is 86.0 Å². The van der Waals surface area contributed by atoms with Crippen LogP contribution < -0.4 is 0 Å². The molecule has 1 aromatic carbocycles. The van der Waals surface area contributed by atoms with Crippen molar-refractivity contribution < 1.29 is 9.72 Å². The molecule has 108 valence electrons. The number of hydrogen-bond donors (Lipinski definition) is 0. The van der Waals surface area contributed by atoms with Crippen molar-refractivity contribution in [3.8, 4) is 0 Å². The third-order valence-corrected chi connectivity index (χ3v) is 3.52. The lowest BCUT2D eigenvalue weighted by Crippen LogP contribution is -2.04. The minimum atomic E-state index is -0.517. The van der Waals surface area contributed by atoms with Gasteiger partial charge in [0.2, 0.25) is 0 Å². The van der Waals surface area contributed by atoms with E-state index >= 15 is 0 Å². The standard InChI is InChI=1S/C14H13N3O3S/c1-9-6-10(2)16-14(15-9)21-8-13(18)11-4-3-5-12(7-11)17(19)20/h3-7H,8H2,1-2H3. The van der Waals surface area contributed by atoms with Gasteiger partial charge in [0.1, 0.15) is 0 Å². The minimum absolute atomic E-state index is 0.0894. The third-order valence-electron chi connectivity index (χ3n) is 2.67. The number of aryl methyl sites for hydroxylation is 2. The Kier molecular flexibility index (Phi) is 4.64. The number of carbonyl (C=O) groups excluding carboxylic acids is 1. The highest BCUT2D eigenvalue weighted by Gasteiger charge is 2.12. The largest absolute Gasteiger partial charge is 0.293 e. The van der Waals surface area contributed by atoms with Crippen LogP contribution in [0.2, 0.25) is 0 Å². The highest BCUT2D eigenvalue weighted by atomic mass is 32.2. The van der Waals surface area contributed by atoms with E-state index in [1.165, 1.54) is 30.0 Å². The Labute approximate surface area is 125 Å². The molecule has 0 amide bonds. The second-order valence-electron chi connectivity index (χ2n) is 4.45. The van der Waals surface area contributed by atoms with Crippen LogP contribution in [0.5, 0.6) is 0 Å². The summed E-state index contributed by atoms with van der Waals surface area (Å²) in [6.45, 7) is 3.72. The van der Waals surface area contributed by atoms with Gasteiger partial charge < -0.3 is 0 Å². The van der Waals surface area contributed by atoms with Gasteiger partial charge in [0, 0.05) is 29.1 Å². The molecule has 0 aliphatic carbocycles. The molecule has 0 spiro atoms. The van der Waals surface area contributed by atoms with Crippen LogP contribution in [0, 0.1) is 24.0 Å². The van der Waals surface area contributed by atoms with Gasteiger partial charge in [-0.05, 0) is 19.9 Å². The van der Waals surface area contributed by atoms with Crippen molar-refractivity contribution in [2.24, 2.45) is 0 Å². The molecule has 0 aliphatic heterocycles. The van der Waals surface area contributed by atoms with Gasteiger partial charge in [-0.25, -0.2) is 9.97 Å². The molecule has 1 heterocycles. The van der Waals surface area contributed by atoms with Crippen LogP contribution >= 0.6 is 11.8 Å². The van der Waals surface area contributed by atoms with Gasteiger partial charge in [0.15, 0.2) is 10.9 Å². The predicted molar refractivity (Wildman–Crippen MR) is 79.7 cm³/mol. The van der Waals surface area contributed by atoms with Crippen LogP contribution in [0.3, 0.4) is 0 Å². The summed E-state index contributed by atoms with van der Waals surface area (Å²) in [6.07, 6.45) is 0. The number of ketones is 1. The first kappa shape index (κ1) is 15.1. The van der Waals surface area contributed by atoms with Crippen molar-refractivity contribution in [1.29, 1.82) is 0 Å². The average molecular weight is 303 g/mol. The van der Waals surface area contributed by atoms with Gasteiger partial charge in [-0.15, -0.1) is 0 Å². The number of aromatic nitrogens is 2. The number of nitro benzene ring substituents is 1. The zero-order chi connectivity index (χ0) is 15.4. The smallest absolute Gasteiger partial charge is 0.270 e. The molecule has 6 nitrogen and oxygen atoms in total. The highest BCUT2D eigenvalue weighted by molar-refractivity contribution is 7.99. The summed E-state index contributed by atoms with van der Waals surface area (Å²) in [5, 5.41) is 11.2. The van der Waals surface area contributed by atoms with Crippen LogP contribution in [0.15, 0.2) is 35.5 Å². The maximum Gasteiger partial charge on any atom is 0.270 e. The fourth-order valence-corrected chi connectivity index (χ4v) is 2.61. The first-order chi connectivity index (χ1) is 9.95. The molecule has 0 bridgehead atoms. The second-order valence-corrected chi connectivity index (χ2v) is 5.40. The maximum atomic E-state index is 12.1. The summed E-state index contributed by atoms with van der Waals surface area (Å²) >= 11 is 1.22. The van der Waals surface area contributed by atoms with E-state index < -0.39 is 4.92 Å². The van der Waals surface area contributed by atoms with Crippen LogP contribution in [-0.4, -0.2) is 26.4 Å². The highest BCUT2D eigenvalue weighted by Crippen LogP contribution is 2.18. The molecule has 2 aromatic rings. The average Bonchev–Trinajstić information content (AvgIpc) is 2.44. The summed E-state index contributed by atoms with van der Waals surface area (Å²) in [7, 11) is 0. The summed E-state index contributed by atoms with van der Waals surface area (Å²) in [5.74, 6) is -0.0455. The Bertz CT molecular complexity index is 683. The number of benzene rings is 1.